The molecule has 0 spiro atoms. The van der Waals surface area contributed by atoms with Gasteiger partial charge in [-0.25, -0.2) is 0 Å². The van der Waals surface area contributed by atoms with Crippen LogP contribution in [-0.2, 0) is 4.74 Å². The van der Waals surface area contributed by atoms with Crippen molar-refractivity contribution in [2.45, 2.75) is 39.7 Å². The summed E-state index contributed by atoms with van der Waals surface area (Å²) in [5.41, 5.74) is 0. The standard InChI is InChI=1S/C11H23NO/c1-4-9(2)7-12-10(3)11-5-6-13-8-11/h9-12H,4-8H2,1-3H3. The predicted octanol–water partition coefficient (Wildman–Crippen LogP) is 2.05. The molecule has 2 heteroatoms. The van der Waals surface area contributed by atoms with Gasteiger partial charge in [-0.2, -0.15) is 0 Å². The van der Waals surface area contributed by atoms with Gasteiger partial charge in [-0.15, -0.1) is 0 Å². The average molecular weight is 185 g/mol. The summed E-state index contributed by atoms with van der Waals surface area (Å²) in [5.74, 6) is 1.54. The van der Waals surface area contributed by atoms with Gasteiger partial charge in [0.1, 0.15) is 0 Å². The molecule has 13 heavy (non-hydrogen) atoms. The Morgan fingerprint density at radius 3 is 2.77 bits per heavy atom. The van der Waals surface area contributed by atoms with Crippen molar-refractivity contribution >= 4 is 0 Å². The van der Waals surface area contributed by atoms with Crippen molar-refractivity contribution in [3.05, 3.63) is 0 Å². The molecule has 0 amide bonds. The van der Waals surface area contributed by atoms with E-state index in [0.717, 1.165) is 31.6 Å². The number of hydrogen-bond donors (Lipinski definition) is 1. The van der Waals surface area contributed by atoms with Gasteiger partial charge in [-0.05, 0) is 31.7 Å². The van der Waals surface area contributed by atoms with Gasteiger partial charge in [-0.1, -0.05) is 20.3 Å². The normalized spacial score (nSPS) is 27.5. The Morgan fingerprint density at radius 2 is 2.23 bits per heavy atom. The Hall–Kier alpha value is -0.0800. The monoisotopic (exact) mass is 185 g/mol. The zero-order valence-electron chi connectivity index (χ0n) is 9.18. The molecule has 0 saturated carbocycles. The molecule has 1 aliphatic rings. The summed E-state index contributed by atoms with van der Waals surface area (Å²) in [4.78, 5) is 0. The summed E-state index contributed by atoms with van der Waals surface area (Å²) in [6.45, 7) is 9.88. The van der Waals surface area contributed by atoms with Crippen molar-refractivity contribution in [3.8, 4) is 0 Å². The molecule has 3 unspecified atom stereocenters. The molecule has 0 aromatic carbocycles. The highest BCUT2D eigenvalue weighted by Gasteiger charge is 2.21. The van der Waals surface area contributed by atoms with Crippen LogP contribution >= 0.6 is 0 Å². The van der Waals surface area contributed by atoms with Gasteiger partial charge in [0.05, 0.1) is 6.61 Å². The highest BCUT2D eigenvalue weighted by atomic mass is 16.5. The van der Waals surface area contributed by atoms with Crippen LogP contribution in [-0.4, -0.2) is 25.8 Å². The first-order valence-electron chi connectivity index (χ1n) is 5.55. The Morgan fingerprint density at radius 1 is 1.46 bits per heavy atom. The first-order valence-corrected chi connectivity index (χ1v) is 5.55. The van der Waals surface area contributed by atoms with Gasteiger partial charge in [0, 0.05) is 12.6 Å². The highest BCUT2D eigenvalue weighted by molar-refractivity contribution is 4.76. The second kappa shape index (κ2) is 5.61. The van der Waals surface area contributed by atoms with Gasteiger partial charge >= 0.3 is 0 Å². The summed E-state index contributed by atoms with van der Waals surface area (Å²) in [6.07, 6.45) is 2.50. The molecule has 2 nitrogen and oxygen atoms in total. The quantitative estimate of drug-likeness (QED) is 0.708. The fourth-order valence-corrected chi connectivity index (χ4v) is 1.65. The minimum atomic E-state index is 0.622. The van der Waals surface area contributed by atoms with Crippen LogP contribution in [0.15, 0.2) is 0 Å². The Balaban J connectivity index is 2.12. The molecule has 0 aliphatic carbocycles. The van der Waals surface area contributed by atoms with E-state index in [9.17, 15) is 0 Å². The number of rotatable bonds is 5. The number of hydrogen-bond acceptors (Lipinski definition) is 2. The SMILES string of the molecule is CCC(C)CNC(C)C1CCOC1. The van der Waals surface area contributed by atoms with Crippen LogP contribution in [0, 0.1) is 11.8 Å². The lowest BCUT2D eigenvalue weighted by Crippen LogP contribution is -2.36. The van der Waals surface area contributed by atoms with E-state index in [2.05, 4.69) is 26.1 Å². The lowest BCUT2D eigenvalue weighted by Gasteiger charge is -2.21. The first-order chi connectivity index (χ1) is 6.24. The molecule has 3 atom stereocenters. The summed E-state index contributed by atoms with van der Waals surface area (Å²) < 4.78 is 5.37. The van der Waals surface area contributed by atoms with Gasteiger partial charge in [-0.3, -0.25) is 0 Å². The van der Waals surface area contributed by atoms with E-state index in [1.807, 2.05) is 0 Å². The summed E-state index contributed by atoms with van der Waals surface area (Å²) in [7, 11) is 0. The molecule has 1 saturated heterocycles. The molecular formula is C11H23NO. The molecule has 1 aliphatic heterocycles. The van der Waals surface area contributed by atoms with E-state index in [1.54, 1.807) is 0 Å². The van der Waals surface area contributed by atoms with Crippen molar-refractivity contribution in [1.82, 2.24) is 5.32 Å². The van der Waals surface area contributed by atoms with E-state index in [-0.39, 0.29) is 0 Å². The third kappa shape index (κ3) is 3.65. The maximum atomic E-state index is 5.37. The zero-order valence-corrected chi connectivity index (χ0v) is 9.18. The van der Waals surface area contributed by atoms with Gasteiger partial charge < -0.3 is 10.1 Å². The van der Waals surface area contributed by atoms with E-state index >= 15 is 0 Å². The fraction of sp³-hybridized carbons (Fsp3) is 1.00. The van der Waals surface area contributed by atoms with E-state index in [4.69, 9.17) is 4.74 Å². The van der Waals surface area contributed by atoms with Crippen molar-refractivity contribution < 1.29 is 4.74 Å². The first kappa shape index (κ1) is 11.0. The summed E-state index contributed by atoms with van der Waals surface area (Å²) in [6, 6.07) is 0.622. The van der Waals surface area contributed by atoms with Crippen LogP contribution in [0.25, 0.3) is 0 Å². The van der Waals surface area contributed by atoms with Gasteiger partial charge in [0.25, 0.3) is 0 Å². The lowest BCUT2D eigenvalue weighted by atomic mass is 10.00. The van der Waals surface area contributed by atoms with Gasteiger partial charge in [0.2, 0.25) is 0 Å². The topological polar surface area (TPSA) is 21.3 Å². The van der Waals surface area contributed by atoms with E-state index in [1.165, 1.54) is 12.8 Å². The van der Waals surface area contributed by atoms with Crippen LogP contribution < -0.4 is 5.32 Å². The molecule has 1 rings (SSSR count). The average Bonchev–Trinajstić information content (AvgIpc) is 2.66. The maximum Gasteiger partial charge on any atom is 0.0509 e. The molecule has 0 aromatic rings. The van der Waals surface area contributed by atoms with Crippen LogP contribution in [0.1, 0.15) is 33.6 Å². The zero-order chi connectivity index (χ0) is 9.68. The largest absolute Gasteiger partial charge is 0.381 e. The lowest BCUT2D eigenvalue weighted by molar-refractivity contribution is 0.177. The minimum absolute atomic E-state index is 0.622. The maximum absolute atomic E-state index is 5.37. The molecule has 1 fully saturated rings. The Labute approximate surface area is 82.0 Å². The van der Waals surface area contributed by atoms with Crippen molar-refractivity contribution in [3.63, 3.8) is 0 Å². The minimum Gasteiger partial charge on any atom is -0.381 e. The van der Waals surface area contributed by atoms with Crippen LogP contribution in [0.3, 0.4) is 0 Å². The fourth-order valence-electron chi connectivity index (χ4n) is 1.65. The number of nitrogens with one attached hydrogen (secondary N) is 1. The molecule has 0 radical (unpaired) electrons. The Bertz CT molecular complexity index is 132. The van der Waals surface area contributed by atoms with Gasteiger partial charge in [0.15, 0.2) is 0 Å². The third-order valence-corrected chi connectivity index (χ3v) is 3.16. The molecule has 78 valence electrons. The summed E-state index contributed by atoms with van der Waals surface area (Å²) >= 11 is 0. The number of ether oxygens (including phenoxy) is 1. The van der Waals surface area contributed by atoms with Crippen LogP contribution in [0.4, 0.5) is 0 Å². The molecule has 0 aromatic heterocycles. The van der Waals surface area contributed by atoms with E-state index in [0.29, 0.717) is 6.04 Å². The van der Waals surface area contributed by atoms with Crippen LogP contribution in [0.2, 0.25) is 0 Å². The highest BCUT2D eigenvalue weighted by Crippen LogP contribution is 2.16. The second-order valence-corrected chi connectivity index (χ2v) is 4.33. The smallest absolute Gasteiger partial charge is 0.0509 e. The summed E-state index contributed by atoms with van der Waals surface area (Å²) in [5, 5.41) is 3.60. The van der Waals surface area contributed by atoms with Crippen molar-refractivity contribution in [2.24, 2.45) is 11.8 Å². The van der Waals surface area contributed by atoms with Crippen LogP contribution in [0.5, 0.6) is 0 Å². The Kier molecular flexibility index (Phi) is 4.74. The van der Waals surface area contributed by atoms with E-state index < -0.39 is 0 Å². The molecular weight excluding hydrogens is 162 g/mol. The predicted molar refractivity (Wildman–Crippen MR) is 55.8 cm³/mol. The molecule has 1 heterocycles. The third-order valence-electron chi connectivity index (χ3n) is 3.16. The molecule has 1 N–H and O–H groups in total. The molecule has 0 bridgehead atoms. The van der Waals surface area contributed by atoms with Crippen molar-refractivity contribution in [1.29, 1.82) is 0 Å². The van der Waals surface area contributed by atoms with Crippen molar-refractivity contribution in [2.75, 3.05) is 19.8 Å². The second-order valence-electron chi connectivity index (χ2n) is 4.33.